The maximum Gasteiger partial charge on any atom is 0.253 e. The fourth-order valence-electron chi connectivity index (χ4n) is 0.789. The van der Waals surface area contributed by atoms with Crippen molar-refractivity contribution in [1.82, 2.24) is 4.98 Å². The maximum atomic E-state index is 9.26. The SMILES string of the molecule is CCC(=O)[O-].CCc1[nH]cc[n+]1C. The lowest BCUT2D eigenvalue weighted by atomic mass is 10.5. The van der Waals surface area contributed by atoms with Gasteiger partial charge in [-0.25, -0.2) is 9.55 Å². The third kappa shape index (κ3) is 5.00. The molecule has 0 unspecified atom stereocenters. The van der Waals surface area contributed by atoms with Crippen molar-refractivity contribution in [3.63, 3.8) is 0 Å². The van der Waals surface area contributed by atoms with Crippen LogP contribution in [0.3, 0.4) is 0 Å². The van der Waals surface area contributed by atoms with E-state index in [1.807, 2.05) is 19.4 Å². The minimum atomic E-state index is -0.995. The number of rotatable bonds is 2. The van der Waals surface area contributed by atoms with Crippen molar-refractivity contribution in [2.75, 3.05) is 0 Å². The lowest BCUT2D eigenvalue weighted by Crippen LogP contribution is -2.29. The molecule has 1 N–H and O–H groups in total. The number of aromatic nitrogens is 2. The molecule has 0 spiro atoms. The summed E-state index contributed by atoms with van der Waals surface area (Å²) >= 11 is 0. The molecule has 0 amide bonds. The highest BCUT2D eigenvalue weighted by Crippen LogP contribution is 1.82. The van der Waals surface area contributed by atoms with E-state index in [-0.39, 0.29) is 6.42 Å². The Labute approximate surface area is 78.2 Å². The number of hydrogen-bond acceptors (Lipinski definition) is 2. The molecule has 4 nitrogen and oxygen atoms in total. The van der Waals surface area contributed by atoms with Gasteiger partial charge in [-0.05, 0) is 6.42 Å². The van der Waals surface area contributed by atoms with Gasteiger partial charge in [0.15, 0.2) is 0 Å². The predicted molar refractivity (Wildman–Crippen MR) is 46.6 cm³/mol. The van der Waals surface area contributed by atoms with Gasteiger partial charge in [0.25, 0.3) is 5.82 Å². The largest absolute Gasteiger partial charge is 0.550 e. The summed E-state index contributed by atoms with van der Waals surface area (Å²) in [4.78, 5) is 12.4. The Morgan fingerprint density at radius 3 is 2.31 bits per heavy atom. The fraction of sp³-hybridized carbons (Fsp3) is 0.556. The number of aromatic amines is 1. The van der Waals surface area contributed by atoms with Gasteiger partial charge < -0.3 is 9.90 Å². The molecule has 74 valence electrons. The number of H-pyrrole nitrogens is 1. The summed E-state index contributed by atoms with van der Waals surface area (Å²) in [6, 6.07) is 0. The fourth-order valence-corrected chi connectivity index (χ4v) is 0.789. The molecule has 1 rings (SSSR count). The van der Waals surface area contributed by atoms with Crippen LogP contribution >= 0.6 is 0 Å². The number of carbonyl (C=O) groups excluding carboxylic acids is 1. The van der Waals surface area contributed by atoms with Gasteiger partial charge in [-0.1, -0.05) is 13.8 Å². The molecule has 1 aromatic heterocycles. The number of nitrogens with zero attached hydrogens (tertiary/aromatic N) is 1. The van der Waals surface area contributed by atoms with E-state index < -0.39 is 5.97 Å². The topological polar surface area (TPSA) is 59.8 Å². The number of carboxylic acid groups (broad SMARTS) is 1. The van der Waals surface area contributed by atoms with Crippen LogP contribution in [0.1, 0.15) is 26.1 Å². The molecular weight excluding hydrogens is 168 g/mol. The number of imidazole rings is 1. The van der Waals surface area contributed by atoms with Crippen LogP contribution in [0, 0.1) is 0 Å². The van der Waals surface area contributed by atoms with E-state index in [0.29, 0.717) is 0 Å². The van der Waals surface area contributed by atoms with Crippen molar-refractivity contribution in [3.05, 3.63) is 18.2 Å². The summed E-state index contributed by atoms with van der Waals surface area (Å²) in [5.74, 6) is 0.273. The lowest BCUT2D eigenvalue weighted by molar-refractivity contribution is -0.677. The molecule has 0 radical (unpaired) electrons. The molecule has 0 bridgehead atoms. The smallest absolute Gasteiger partial charge is 0.253 e. The van der Waals surface area contributed by atoms with Crippen LogP contribution in [0.4, 0.5) is 0 Å². The Balaban J connectivity index is 0.000000252. The summed E-state index contributed by atoms with van der Waals surface area (Å²) < 4.78 is 2.08. The van der Waals surface area contributed by atoms with E-state index in [1.165, 1.54) is 12.7 Å². The summed E-state index contributed by atoms with van der Waals surface area (Å²) in [5.41, 5.74) is 0. The average molecular weight is 184 g/mol. The van der Waals surface area contributed by atoms with Crippen molar-refractivity contribution < 1.29 is 14.5 Å². The second-order valence-electron chi connectivity index (χ2n) is 2.60. The zero-order valence-electron chi connectivity index (χ0n) is 8.33. The van der Waals surface area contributed by atoms with E-state index in [2.05, 4.69) is 16.5 Å². The molecule has 0 aliphatic heterocycles. The summed E-state index contributed by atoms with van der Waals surface area (Å²) in [7, 11) is 2.04. The minimum Gasteiger partial charge on any atom is -0.550 e. The highest BCUT2D eigenvalue weighted by atomic mass is 16.4. The highest BCUT2D eigenvalue weighted by molar-refractivity contribution is 5.63. The second-order valence-corrected chi connectivity index (χ2v) is 2.60. The van der Waals surface area contributed by atoms with Crippen molar-refractivity contribution >= 4 is 5.97 Å². The second kappa shape index (κ2) is 6.22. The molecule has 0 fully saturated rings. The first kappa shape index (κ1) is 11.7. The van der Waals surface area contributed by atoms with Gasteiger partial charge in [-0.2, -0.15) is 0 Å². The van der Waals surface area contributed by atoms with Gasteiger partial charge in [0, 0.05) is 12.4 Å². The predicted octanol–water partition coefficient (Wildman–Crippen LogP) is -0.452. The number of aliphatic carboxylic acids is 1. The van der Waals surface area contributed by atoms with Crippen LogP contribution in [0.15, 0.2) is 12.4 Å². The Kier molecular flexibility index (Phi) is 5.59. The van der Waals surface area contributed by atoms with Gasteiger partial charge in [-0.15, -0.1) is 0 Å². The number of hydrogen-bond donors (Lipinski definition) is 1. The van der Waals surface area contributed by atoms with E-state index in [1.54, 1.807) is 0 Å². The van der Waals surface area contributed by atoms with Crippen molar-refractivity contribution in [3.8, 4) is 0 Å². The van der Waals surface area contributed by atoms with Gasteiger partial charge >= 0.3 is 0 Å². The molecule has 0 aliphatic carbocycles. The van der Waals surface area contributed by atoms with Crippen molar-refractivity contribution in [2.24, 2.45) is 7.05 Å². The molecule has 1 heterocycles. The monoisotopic (exact) mass is 184 g/mol. The molecule has 0 aliphatic rings. The third-order valence-electron chi connectivity index (χ3n) is 1.60. The van der Waals surface area contributed by atoms with E-state index >= 15 is 0 Å². The highest BCUT2D eigenvalue weighted by Gasteiger charge is 1.99. The molecule has 0 aromatic carbocycles. The zero-order valence-corrected chi connectivity index (χ0v) is 8.33. The van der Waals surface area contributed by atoms with Crippen LogP contribution in [0.25, 0.3) is 0 Å². The number of aryl methyl sites for hydroxylation is 2. The number of carbonyl (C=O) groups is 1. The first-order valence-corrected chi connectivity index (χ1v) is 4.33. The maximum absolute atomic E-state index is 9.26. The molecule has 0 saturated carbocycles. The van der Waals surface area contributed by atoms with Gasteiger partial charge in [0.2, 0.25) is 0 Å². The zero-order chi connectivity index (χ0) is 10.3. The standard InChI is InChI=1S/C6H10N2.C3H6O2/c1-3-6-7-4-5-8(6)2;1-2-3(4)5/h4-5H,3H2,1-2H3;2H2,1H3,(H,4,5). The summed E-state index contributed by atoms with van der Waals surface area (Å²) in [5, 5.41) is 9.26. The molecule has 0 atom stereocenters. The quantitative estimate of drug-likeness (QED) is 0.633. The Morgan fingerprint density at radius 2 is 2.15 bits per heavy atom. The van der Waals surface area contributed by atoms with Crippen molar-refractivity contribution in [1.29, 1.82) is 0 Å². The van der Waals surface area contributed by atoms with Gasteiger partial charge in [0.1, 0.15) is 12.4 Å². The van der Waals surface area contributed by atoms with Crippen molar-refractivity contribution in [2.45, 2.75) is 26.7 Å². The number of nitrogens with one attached hydrogen (secondary N) is 1. The first-order valence-electron chi connectivity index (χ1n) is 4.33. The Hall–Kier alpha value is -1.32. The molecule has 0 saturated heterocycles. The van der Waals surface area contributed by atoms with E-state index in [9.17, 15) is 9.90 Å². The lowest BCUT2D eigenvalue weighted by Gasteiger charge is -1.87. The molecule has 13 heavy (non-hydrogen) atoms. The normalized spacial score (nSPS) is 8.85. The summed E-state index contributed by atoms with van der Waals surface area (Å²) in [6.45, 7) is 3.67. The van der Waals surface area contributed by atoms with Crippen LogP contribution in [0.2, 0.25) is 0 Å². The van der Waals surface area contributed by atoms with Crippen LogP contribution in [-0.2, 0) is 18.3 Å². The molecule has 1 aromatic rings. The van der Waals surface area contributed by atoms with Crippen LogP contribution in [0.5, 0.6) is 0 Å². The first-order chi connectivity index (χ1) is 6.11. The summed E-state index contributed by atoms with van der Waals surface area (Å²) in [6.07, 6.45) is 5.14. The Morgan fingerprint density at radius 1 is 1.62 bits per heavy atom. The van der Waals surface area contributed by atoms with Crippen LogP contribution in [-0.4, -0.2) is 11.0 Å². The molecule has 4 heteroatoms. The third-order valence-corrected chi connectivity index (χ3v) is 1.60. The Bertz CT molecular complexity index is 256. The van der Waals surface area contributed by atoms with E-state index in [0.717, 1.165) is 6.42 Å². The average Bonchev–Trinajstić information content (AvgIpc) is 2.52. The van der Waals surface area contributed by atoms with E-state index in [4.69, 9.17) is 0 Å². The molecular formula is C9H16N2O2. The minimum absolute atomic E-state index is 0.111. The van der Waals surface area contributed by atoms with Gasteiger partial charge in [-0.3, -0.25) is 0 Å². The van der Waals surface area contributed by atoms with Gasteiger partial charge in [0.05, 0.1) is 7.05 Å². The number of carboxylic acids is 1. The van der Waals surface area contributed by atoms with Crippen LogP contribution < -0.4 is 9.67 Å².